The monoisotopic (exact) mass is 186 g/mol. The molecule has 2 heteroatoms. The minimum atomic E-state index is 0.0267. The Morgan fingerprint density at radius 3 is 2.15 bits per heavy atom. The standard InChI is InChI=1S/C11H24NO/c1-11(2,3)13-10-9-12(4)7-5-6-8-12/h5-10H2,1-4H3/q+1. The van der Waals surface area contributed by atoms with Crippen LogP contribution in [0, 0.1) is 0 Å². The van der Waals surface area contributed by atoms with E-state index in [-0.39, 0.29) is 5.60 Å². The Bertz CT molecular complexity index is 154. The zero-order valence-corrected chi connectivity index (χ0v) is 9.60. The Balaban J connectivity index is 2.18. The number of quaternary nitrogens is 1. The topological polar surface area (TPSA) is 9.23 Å². The molecule has 0 bridgehead atoms. The third kappa shape index (κ3) is 4.10. The van der Waals surface area contributed by atoms with Crippen molar-refractivity contribution in [1.82, 2.24) is 0 Å². The van der Waals surface area contributed by atoms with E-state index < -0.39 is 0 Å². The molecule has 1 fully saturated rings. The van der Waals surface area contributed by atoms with Gasteiger partial charge in [0.25, 0.3) is 0 Å². The number of hydrogen-bond donors (Lipinski definition) is 0. The molecule has 0 aromatic rings. The third-order valence-corrected chi connectivity index (χ3v) is 2.81. The van der Waals surface area contributed by atoms with Gasteiger partial charge >= 0.3 is 0 Å². The highest BCUT2D eigenvalue weighted by atomic mass is 16.5. The van der Waals surface area contributed by atoms with E-state index in [2.05, 4.69) is 27.8 Å². The molecule has 0 amide bonds. The number of likely N-dealkylation sites (tertiary alicyclic amines) is 1. The summed E-state index contributed by atoms with van der Waals surface area (Å²) in [5, 5.41) is 0. The van der Waals surface area contributed by atoms with Gasteiger partial charge in [0.15, 0.2) is 0 Å². The van der Waals surface area contributed by atoms with Crippen molar-refractivity contribution in [2.45, 2.75) is 39.2 Å². The molecule has 0 atom stereocenters. The Morgan fingerprint density at radius 2 is 1.69 bits per heavy atom. The molecule has 1 aliphatic rings. The fraction of sp³-hybridized carbons (Fsp3) is 1.00. The molecule has 0 aliphatic carbocycles. The highest BCUT2D eigenvalue weighted by molar-refractivity contribution is 4.59. The largest absolute Gasteiger partial charge is 0.370 e. The van der Waals surface area contributed by atoms with Gasteiger partial charge in [-0.2, -0.15) is 0 Å². The normalized spacial score (nSPS) is 22.2. The van der Waals surface area contributed by atoms with Crippen LogP contribution in [-0.2, 0) is 4.74 Å². The van der Waals surface area contributed by atoms with Crippen LogP contribution in [0.3, 0.4) is 0 Å². The molecule has 78 valence electrons. The van der Waals surface area contributed by atoms with Crippen LogP contribution in [0.15, 0.2) is 0 Å². The molecular formula is C11H24NO+. The fourth-order valence-electron chi connectivity index (χ4n) is 1.89. The van der Waals surface area contributed by atoms with Gasteiger partial charge in [0.05, 0.1) is 32.3 Å². The van der Waals surface area contributed by atoms with Crippen molar-refractivity contribution in [2.24, 2.45) is 0 Å². The molecule has 1 rings (SSSR count). The highest BCUT2D eigenvalue weighted by Crippen LogP contribution is 2.16. The van der Waals surface area contributed by atoms with Crippen LogP contribution in [0.5, 0.6) is 0 Å². The SMILES string of the molecule is CC(C)(C)OCC[N+]1(C)CCCC1. The highest BCUT2D eigenvalue weighted by Gasteiger charge is 2.26. The molecule has 0 saturated carbocycles. The van der Waals surface area contributed by atoms with Gasteiger partial charge in [-0.3, -0.25) is 0 Å². The molecule has 0 aromatic carbocycles. The summed E-state index contributed by atoms with van der Waals surface area (Å²) in [6.45, 7) is 11.1. The van der Waals surface area contributed by atoms with E-state index in [1.54, 1.807) is 0 Å². The average molecular weight is 186 g/mol. The Kier molecular flexibility index (Phi) is 3.36. The number of nitrogens with zero attached hydrogens (tertiary/aromatic N) is 1. The molecule has 1 saturated heterocycles. The van der Waals surface area contributed by atoms with Gasteiger partial charge in [0.1, 0.15) is 6.54 Å². The van der Waals surface area contributed by atoms with Crippen LogP contribution < -0.4 is 0 Å². The van der Waals surface area contributed by atoms with E-state index in [1.165, 1.54) is 37.0 Å². The first-order chi connectivity index (χ1) is 5.91. The Hall–Kier alpha value is -0.0800. The summed E-state index contributed by atoms with van der Waals surface area (Å²) in [6.07, 6.45) is 2.79. The van der Waals surface area contributed by atoms with Crippen molar-refractivity contribution in [3.05, 3.63) is 0 Å². The zero-order chi connectivity index (χ0) is 9.95. The minimum absolute atomic E-state index is 0.0267. The van der Waals surface area contributed by atoms with E-state index in [0.29, 0.717) is 0 Å². The summed E-state index contributed by atoms with van der Waals surface area (Å²) < 4.78 is 6.96. The predicted molar refractivity (Wildman–Crippen MR) is 55.7 cm³/mol. The Labute approximate surface area is 82.5 Å². The maximum absolute atomic E-state index is 5.74. The van der Waals surface area contributed by atoms with Crippen molar-refractivity contribution in [1.29, 1.82) is 0 Å². The van der Waals surface area contributed by atoms with Gasteiger partial charge in [-0.15, -0.1) is 0 Å². The maximum atomic E-state index is 5.74. The van der Waals surface area contributed by atoms with Gasteiger partial charge in [-0.1, -0.05) is 0 Å². The molecule has 2 nitrogen and oxygen atoms in total. The first-order valence-corrected chi connectivity index (χ1v) is 5.39. The molecule has 1 aliphatic heterocycles. The van der Waals surface area contributed by atoms with Crippen LogP contribution in [0.1, 0.15) is 33.6 Å². The van der Waals surface area contributed by atoms with Crippen LogP contribution in [0.2, 0.25) is 0 Å². The lowest BCUT2D eigenvalue weighted by Gasteiger charge is -2.30. The summed E-state index contributed by atoms with van der Waals surface area (Å²) in [5.41, 5.74) is 0.0267. The molecular weight excluding hydrogens is 162 g/mol. The molecule has 0 radical (unpaired) electrons. The first kappa shape index (κ1) is 11.0. The molecule has 1 heterocycles. The van der Waals surface area contributed by atoms with Gasteiger partial charge in [0, 0.05) is 12.8 Å². The summed E-state index contributed by atoms with van der Waals surface area (Å²) in [6, 6.07) is 0. The second-order valence-corrected chi connectivity index (χ2v) is 5.46. The third-order valence-electron chi connectivity index (χ3n) is 2.81. The molecule has 0 aromatic heterocycles. The number of ether oxygens (including phenoxy) is 1. The van der Waals surface area contributed by atoms with Crippen LogP contribution in [0.4, 0.5) is 0 Å². The summed E-state index contributed by atoms with van der Waals surface area (Å²) >= 11 is 0. The van der Waals surface area contributed by atoms with E-state index in [9.17, 15) is 0 Å². The lowest BCUT2D eigenvalue weighted by atomic mass is 10.2. The molecule has 13 heavy (non-hydrogen) atoms. The maximum Gasteiger partial charge on any atom is 0.102 e. The Morgan fingerprint density at radius 1 is 1.15 bits per heavy atom. The smallest absolute Gasteiger partial charge is 0.102 e. The van der Waals surface area contributed by atoms with Gasteiger partial charge in [-0.05, 0) is 20.8 Å². The molecule has 0 spiro atoms. The van der Waals surface area contributed by atoms with Crippen molar-refractivity contribution in [2.75, 3.05) is 33.3 Å². The van der Waals surface area contributed by atoms with Crippen molar-refractivity contribution < 1.29 is 9.22 Å². The van der Waals surface area contributed by atoms with Crippen LogP contribution in [-0.4, -0.2) is 43.4 Å². The van der Waals surface area contributed by atoms with Crippen LogP contribution >= 0.6 is 0 Å². The number of rotatable bonds is 3. The second-order valence-electron chi connectivity index (χ2n) is 5.46. The minimum Gasteiger partial charge on any atom is -0.370 e. The lowest BCUT2D eigenvalue weighted by Crippen LogP contribution is -2.44. The van der Waals surface area contributed by atoms with Crippen molar-refractivity contribution >= 4 is 0 Å². The first-order valence-electron chi connectivity index (χ1n) is 5.39. The summed E-state index contributed by atoms with van der Waals surface area (Å²) in [5.74, 6) is 0. The summed E-state index contributed by atoms with van der Waals surface area (Å²) in [7, 11) is 2.35. The fourth-order valence-corrected chi connectivity index (χ4v) is 1.89. The quantitative estimate of drug-likeness (QED) is 0.613. The molecule has 0 N–H and O–H groups in total. The van der Waals surface area contributed by atoms with Crippen molar-refractivity contribution in [3.8, 4) is 0 Å². The van der Waals surface area contributed by atoms with Gasteiger partial charge in [-0.25, -0.2) is 0 Å². The van der Waals surface area contributed by atoms with Crippen molar-refractivity contribution in [3.63, 3.8) is 0 Å². The number of likely N-dealkylation sites (N-methyl/N-ethyl adjacent to an activating group) is 1. The van der Waals surface area contributed by atoms with E-state index in [4.69, 9.17) is 4.74 Å². The average Bonchev–Trinajstić information content (AvgIpc) is 2.33. The molecule has 0 unspecified atom stereocenters. The van der Waals surface area contributed by atoms with Crippen LogP contribution in [0.25, 0.3) is 0 Å². The van der Waals surface area contributed by atoms with Gasteiger partial charge < -0.3 is 9.22 Å². The second kappa shape index (κ2) is 3.97. The lowest BCUT2D eigenvalue weighted by molar-refractivity contribution is -0.898. The van der Waals surface area contributed by atoms with E-state index in [1.807, 2.05) is 0 Å². The van der Waals surface area contributed by atoms with E-state index >= 15 is 0 Å². The van der Waals surface area contributed by atoms with Gasteiger partial charge in [0.2, 0.25) is 0 Å². The predicted octanol–water partition coefficient (Wildman–Crippen LogP) is 2.04. The van der Waals surface area contributed by atoms with E-state index in [0.717, 1.165) is 6.61 Å². The number of hydrogen-bond acceptors (Lipinski definition) is 1. The zero-order valence-electron chi connectivity index (χ0n) is 9.60. The summed E-state index contributed by atoms with van der Waals surface area (Å²) in [4.78, 5) is 0.